The van der Waals surface area contributed by atoms with Gasteiger partial charge in [0.05, 0.1) is 11.6 Å². The van der Waals surface area contributed by atoms with Gasteiger partial charge in [-0.1, -0.05) is 13.3 Å². The van der Waals surface area contributed by atoms with Crippen molar-refractivity contribution in [3.63, 3.8) is 0 Å². The molecule has 0 radical (unpaired) electrons. The third kappa shape index (κ3) is 5.58. The van der Waals surface area contributed by atoms with Crippen LogP contribution in [-0.2, 0) is 6.18 Å². The van der Waals surface area contributed by atoms with Crippen LogP contribution >= 0.6 is 0 Å². The molecule has 0 spiro atoms. The molecule has 4 heterocycles. The highest BCUT2D eigenvalue weighted by atomic mass is 19.4. The van der Waals surface area contributed by atoms with Gasteiger partial charge in [-0.2, -0.15) is 13.2 Å². The summed E-state index contributed by atoms with van der Waals surface area (Å²) in [6.45, 7) is 4.19. The first-order chi connectivity index (χ1) is 16.8. The van der Waals surface area contributed by atoms with Crippen molar-refractivity contribution in [3.8, 4) is 17.3 Å². The second-order valence-corrected chi connectivity index (χ2v) is 8.54. The maximum atomic E-state index is 13.7. The largest absolute Gasteiger partial charge is 0.475 e. The van der Waals surface area contributed by atoms with Gasteiger partial charge in [-0.25, -0.2) is 19.9 Å². The number of amides is 1. The maximum Gasteiger partial charge on any atom is 0.421 e. The fraction of sp³-hybridized carbons (Fsp3) is 0.400. The molecule has 7 nitrogen and oxygen atoms in total. The minimum absolute atomic E-state index is 0.106. The summed E-state index contributed by atoms with van der Waals surface area (Å²) >= 11 is 0. The van der Waals surface area contributed by atoms with Crippen LogP contribution in [0.25, 0.3) is 11.4 Å². The predicted molar refractivity (Wildman–Crippen MR) is 123 cm³/mol. The number of piperidine rings is 1. The molecule has 1 saturated heterocycles. The van der Waals surface area contributed by atoms with E-state index in [1.807, 2.05) is 0 Å². The molecule has 3 aromatic rings. The van der Waals surface area contributed by atoms with Crippen molar-refractivity contribution in [1.82, 2.24) is 24.8 Å². The number of alkyl halides is 3. The van der Waals surface area contributed by atoms with Gasteiger partial charge >= 0.3 is 6.18 Å². The van der Waals surface area contributed by atoms with Gasteiger partial charge < -0.3 is 9.64 Å². The highest BCUT2D eigenvalue weighted by Crippen LogP contribution is 2.35. The zero-order valence-electron chi connectivity index (χ0n) is 19.5. The van der Waals surface area contributed by atoms with Crippen molar-refractivity contribution in [2.24, 2.45) is 5.92 Å². The van der Waals surface area contributed by atoms with Crippen LogP contribution in [0.1, 0.15) is 47.9 Å². The molecular weight excluding hydrogens is 459 g/mol. The van der Waals surface area contributed by atoms with Crippen LogP contribution in [0.3, 0.4) is 0 Å². The number of aryl methyl sites for hydroxylation is 1. The Labute approximate surface area is 201 Å². The van der Waals surface area contributed by atoms with Gasteiger partial charge in [0, 0.05) is 30.8 Å². The van der Waals surface area contributed by atoms with Gasteiger partial charge in [0.25, 0.3) is 5.91 Å². The Balaban J connectivity index is 1.63. The summed E-state index contributed by atoms with van der Waals surface area (Å²) in [5.74, 6) is -0.0989. The van der Waals surface area contributed by atoms with Gasteiger partial charge in [0.15, 0.2) is 5.82 Å². The van der Waals surface area contributed by atoms with Crippen LogP contribution in [0.15, 0.2) is 48.9 Å². The van der Waals surface area contributed by atoms with E-state index in [1.54, 1.807) is 42.4 Å². The van der Waals surface area contributed by atoms with Crippen LogP contribution < -0.4 is 4.74 Å². The van der Waals surface area contributed by atoms with E-state index >= 15 is 0 Å². The molecule has 0 saturated carbocycles. The maximum absolute atomic E-state index is 13.7. The van der Waals surface area contributed by atoms with Crippen molar-refractivity contribution < 1.29 is 22.7 Å². The van der Waals surface area contributed by atoms with E-state index in [0.717, 1.165) is 18.9 Å². The van der Waals surface area contributed by atoms with E-state index < -0.39 is 23.7 Å². The third-order valence-electron chi connectivity index (χ3n) is 6.20. The lowest BCUT2D eigenvalue weighted by atomic mass is 9.88. The summed E-state index contributed by atoms with van der Waals surface area (Å²) in [6.07, 6.45) is 2.15. The number of carbonyl (C=O) groups is 1. The summed E-state index contributed by atoms with van der Waals surface area (Å²) in [4.78, 5) is 32.2. The second kappa shape index (κ2) is 10.4. The lowest BCUT2D eigenvalue weighted by Crippen LogP contribution is -2.49. The first-order valence-electron chi connectivity index (χ1n) is 11.5. The van der Waals surface area contributed by atoms with Crippen molar-refractivity contribution in [1.29, 1.82) is 0 Å². The number of ether oxygens (including phenoxy) is 1. The monoisotopic (exact) mass is 485 g/mol. The number of aromatic nitrogens is 4. The van der Waals surface area contributed by atoms with Crippen LogP contribution in [0, 0.1) is 12.8 Å². The molecule has 0 aromatic carbocycles. The topological polar surface area (TPSA) is 81.1 Å². The normalized spacial score (nSPS) is 18.4. The minimum Gasteiger partial charge on any atom is -0.475 e. The fourth-order valence-corrected chi connectivity index (χ4v) is 4.30. The molecule has 2 atom stereocenters. The van der Waals surface area contributed by atoms with Crippen molar-refractivity contribution in [2.45, 2.75) is 45.3 Å². The molecule has 0 N–H and O–H groups in total. The van der Waals surface area contributed by atoms with Crippen molar-refractivity contribution in [2.75, 3.05) is 13.2 Å². The Morgan fingerprint density at radius 1 is 1.11 bits per heavy atom. The van der Waals surface area contributed by atoms with E-state index in [-0.39, 0.29) is 18.2 Å². The molecular formula is C25H26F3N5O2. The first kappa shape index (κ1) is 24.6. The van der Waals surface area contributed by atoms with Gasteiger partial charge in [-0.15, -0.1) is 0 Å². The second-order valence-electron chi connectivity index (χ2n) is 8.54. The smallest absolute Gasteiger partial charge is 0.421 e. The number of hydrogen-bond donors (Lipinski definition) is 0. The zero-order valence-corrected chi connectivity index (χ0v) is 19.5. The molecule has 1 unspecified atom stereocenters. The number of likely N-dealkylation sites (tertiary alicyclic amines) is 1. The summed E-state index contributed by atoms with van der Waals surface area (Å²) in [5, 5.41) is 0. The van der Waals surface area contributed by atoms with Crippen molar-refractivity contribution in [3.05, 3.63) is 65.9 Å². The molecule has 3 aromatic heterocycles. The fourth-order valence-electron chi connectivity index (χ4n) is 4.30. The molecule has 0 aliphatic carbocycles. The number of carbonyl (C=O) groups excluding carboxylic acids is 1. The van der Waals surface area contributed by atoms with Gasteiger partial charge in [-0.3, -0.25) is 4.79 Å². The van der Waals surface area contributed by atoms with E-state index in [2.05, 4.69) is 26.9 Å². The van der Waals surface area contributed by atoms with E-state index in [4.69, 9.17) is 4.74 Å². The number of halogens is 3. The Morgan fingerprint density at radius 2 is 1.86 bits per heavy atom. The number of rotatable bonds is 6. The van der Waals surface area contributed by atoms with Gasteiger partial charge in [0.2, 0.25) is 5.88 Å². The molecule has 1 aliphatic rings. The van der Waals surface area contributed by atoms with Crippen LogP contribution in [-0.4, -0.2) is 49.9 Å². The summed E-state index contributed by atoms with van der Waals surface area (Å²) < 4.78 is 45.8. The Hall–Kier alpha value is -3.56. The summed E-state index contributed by atoms with van der Waals surface area (Å²) in [7, 11) is 0. The minimum atomic E-state index is -4.59. The quantitative estimate of drug-likeness (QED) is 0.490. The molecule has 1 aliphatic heterocycles. The molecule has 4 rings (SSSR count). The first-order valence-corrected chi connectivity index (χ1v) is 11.5. The SMILES string of the molecule is CC[C@H]1CCN(C(=O)c2nc(C)ccc2-c2ncccn2)C(COc2ncccc2C(F)(F)F)C1. The van der Waals surface area contributed by atoms with Crippen LogP contribution in [0.4, 0.5) is 13.2 Å². The molecule has 1 fully saturated rings. The van der Waals surface area contributed by atoms with Crippen LogP contribution in [0.5, 0.6) is 5.88 Å². The van der Waals surface area contributed by atoms with E-state index in [0.29, 0.717) is 36.0 Å². The molecule has 1 amide bonds. The lowest BCUT2D eigenvalue weighted by Gasteiger charge is -2.39. The van der Waals surface area contributed by atoms with Gasteiger partial charge in [0.1, 0.15) is 17.9 Å². The summed E-state index contributed by atoms with van der Waals surface area (Å²) in [6, 6.07) is 6.95. The third-order valence-corrected chi connectivity index (χ3v) is 6.20. The van der Waals surface area contributed by atoms with Crippen molar-refractivity contribution >= 4 is 5.91 Å². The average Bonchev–Trinajstić information content (AvgIpc) is 2.87. The standard InChI is InChI=1S/C25H26F3N5O2/c1-3-17-9-13-33(18(14-17)15-35-23-20(25(26,27)28)6-4-10-31-23)24(34)21-19(8-7-16(2)32-21)22-29-11-5-12-30-22/h4-8,10-12,17-18H,3,9,13-15H2,1-2H3/t17-,18?/m0/s1. The highest BCUT2D eigenvalue weighted by Gasteiger charge is 2.37. The van der Waals surface area contributed by atoms with Gasteiger partial charge in [-0.05, 0) is 56.0 Å². The Bertz CT molecular complexity index is 1170. The predicted octanol–water partition coefficient (Wildman–Crippen LogP) is 4.97. The number of pyridine rings is 2. The van der Waals surface area contributed by atoms with Crippen LogP contribution in [0.2, 0.25) is 0 Å². The molecule has 10 heteroatoms. The highest BCUT2D eigenvalue weighted by molar-refractivity contribution is 5.98. The Kier molecular flexibility index (Phi) is 7.28. The number of hydrogen-bond acceptors (Lipinski definition) is 6. The molecule has 0 bridgehead atoms. The van der Waals surface area contributed by atoms with E-state index in [9.17, 15) is 18.0 Å². The Morgan fingerprint density at radius 3 is 2.57 bits per heavy atom. The van der Waals surface area contributed by atoms with E-state index in [1.165, 1.54) is 12.3 Å². The number of nitrogens with zero attached hydrogens (tertiary/aromatic N) is 5. The molecule has 35 heavy (non-hydrogen) atoms. The lowest BCUT2D eigenvalue weighted by molar-refractivity contribution is -0.139. The summed E-state index contributed by atoms with van der Waals surface area (Å²) in [5.41, 5.74) is 0.435. The molecule has 184 valence electrons. The zero-order chi connectivity index (χ0) is 25.0. The average molecular weight is 486 g/mol.